The first kappa shape index (κ1) is 8.31. The SMILES string of the molecule is Fc1cc(F)c2ncc(Cl)nc2c1. The van der Waals surface area contributed by atoms with Crippen LogP contribution in [-0.2, 0) is 0 Å². The fraction of sp³-hybridized carbons (Fsp3) is 0. The van der Waals surface area contributed by atoms with E-state index in [-0.39, 0.29) is 16.2 Å². The Hall–Kier alpha value is -1.29. The summed E-state index contributed by atoms with van der Waals surface area (Å²) in [6.07, 6.45) is 1.21. The molecule has 0 unspecified atom stereocenters. The first-order valence-corrected chi connectivity index (χ1v) is 3.82. The predicted molar refractivity (Wildman–Crippen MR) is 44.5 cm³/mol. The van der Waals surface area contributed by atoms with Gasteiger partial charge < -0.3 is 0 Å². The smallest absolute Gasteiger partial charge is 0.153 e. The number of benzene rings is 1. The third-order valence-corrected chi connectivity index (χ3v) is 1.72. The Labute approximate surface area is 77.2 Å². The number of hydrogen-bond donors (Lipinski definition) is 0. The molecule has 0 radical (unpaired) electrons. The number of aromatic nitrogens is 2. The van der Waals surface area contributed by atoms with Gasteiger partial charge in [0.2, 0.25) is 0 Å². The van der Waals surface area contributed by atoms with Crippen molar-refractivity contribution in [2.45, 2.75) is 0 Å². The maximum absolute atomic E-state index is 13.0. The summed E-state index contributed by atoms with van der Waals surface area (Å²) in [5, 5.41) is 0.109. The molecular weight excluding hydrogens is 198 g/mol. The van der Waals surface area contributed by atoms with Gasteiger partial charge in [0.25, 0.3) is 0 Å². The van der Waals surface area contributed by atoms with Crippen LogP contribution < -0.4 is 0 Å². The second-order valence-corrected chi connectivity index (χ2v) is 2.84. The molecule has 1 aromatic carbocycles. The Morgan fingerprint density at radius 2 is 2.00 bits per heavy atom. The molecule has 13 heavy (non-hydrogen) atoms. The maximum Gasteiger partial charge on any atom is 0.153 e. The summed E-state index contributed by atoms with van der Waals surface area (Å²) in [5.74, 6) is -1.43. The molecule has 2 aromatic rings. The van der Waals surface area contributed by atoms with Crippen molar-refractivity contribution < 1.29 is 8.78 Å². The molecule has 0 aliphatic heterocycles. The average molecular weight is 201 g/mol. The fourth-order valence-corrected chi connectivity index (χ4v) is 1.17. The van der Waals surface area contributed by atoms with Gasteiger partial charge in [-0.1, -0.05) is 11.6 Å². The van der Waals surface area contributed by atoms with Crippen LogP contribution in [0, 0.1) is 11.6 Å². The van der Waals surface area contributed by atoms with Crippen LogP contribution in [-0.4, -0.2) is 9.97 Å². The van der Waals surface area contributed by atoms with E-state index in [1.165, 1.54) is 6.20 Å². The van der Waals surface area contributed by atoms with Crippen LogP contribution in [0.5, 0.6) is 0 Å². The zero-order chi connectivity index (χ0) is 9.42. The Morgan fingerprint density at radius 1 is 1.23 bits per heavy atom. The summed E-state index contributed by atoms with van der Waals surface area (Å²) in [7, 11) is 0. The summed E-state index contributed by atoms with van der Waals surface area (Å²) >= 11 is 5.50. The lowest BCUT2D eigenvalue weighted by atomic mass is 10.3. The number of rotatable bonds is 0. The molecule has 0 atom stereocenters. The molecule has 0 aliphatic carbocycles. The lowest BCUT2D eigenvalue weighted by Crippen LogP contribution is -1.89. The monoisotopic (exact) mass is 200 g/mol. The lowest BCUT2D eigenvalue weighted by Gasteiger charge is -1.98. The molecule has 0 fully saturated rings. The first-order valence-electron chi connectivity index (χ1n) is 3.44. The third-order valence-electron chi connectivity index (χ3n) is 1.54. The van der Waals surface area contributed by atoms with Gasteiger partial charge in [-0.25, -0.2) is 18.7 Å². The zero-order valence-electron chi connectivity index (χ0n) is 6.26. The largest absolute Gasteiger partial charge is 0.248 e. The number of hydrogen-bond acceptors (Lipinski definition) is 2. The number of halogens is 3. The van der Waals surface area contributed by atoms with Crippen molar-refractivity contribution in [3.8, 4) is 0 Å². The molecule has 1 aromatic heterocycles. The normalized spacial score (nSPS) is 10.7. The molecule has 0 bridgehead atoms. The molecule has 1 heterocycles. The van der Waals surface area contributed by atoms with E-state index in [2.05, 4.69) is 9.97 Å². The molecule has 0 spiro atoms. The highest BCUT2D eigenvalue weighted by atomic mass is 35.5. The van der Waals surface area contributed by atoms with Gasteiger partial charge >= 0.3 is 0 Å². The minimum Gasteiger partial charge on any atom is -0.248 e. The standard InChI is InChI=1S/C8H3ClF2N2/c9-7-3-12-8-5(11)1-4(10)2-6(8)13-7/h1-3H. The maximum atomic E-state index is 13.0. The van der Waals surface area contributed by atoms with Gasteiger partial charge in [-0.2, -0.15) is 0 Å². The number of fused-ring (bicyclic) bond motifs is 1. The van der Waals surface area contributed by atoms with Crippen molar-refractivity contribution in [3.05, 3.63) is 35.1 Å². The van der Waals surface area contributed by atoms with E-state index in [0.717, 1.165) is 12.1 Å². The molecule has 66 valence electrons. The molecule has 2 rings (SSSR count). The van der Waals surface area contributed by atoms with Crippen LogP contribution in [0.2, 0.25) is 5.15 Å². The summed E-state index contributed by atoms with van der Waals surface area (Å²) in [4.78, 5) is 7.41. The van der Waals surface area contributed by atoms with Crippen LogP contribution in [0.4, 0.5) is 8.78 Å². The van der Waals surface area contributed by atoms with Gasteiger partial charge in [0, 0.05) is 12.1 Å². The van der Waals surface area contributed by atoms with E-state index in [1.54, 1.807) is 0 Å². The lowest BCUT2D eigenvalue weighted by molar-refractivity contribution is 0.590. The molecule has 0 amide bonds. The van der Waals surface area contributed by atoms with Gasteiger partial charge in [0.1, 0.15) is 16.5 Å². The molecule has 0 aliphatic rings. The van der Waals surface area contributed by atoms with Crippen LogP contribution in [0.25, 0.3) is 11.0 Å². The van der Waals surface area contributed by atoms with Crippen molar-refractivity contribution in [2.75, 3.05) is 0 Å². The molecule has 0 N–H and O–H groups in total. The van der Waals surface area contributed by atoms with Crippen LogP contribution in [0.3, 0.4) is 0 Å². The molecular formula is C8H3ClF2N2. The van der Waals surface area contributed by atoms with Gasteiger partial charge in [-0.15, -0.1) is 0 Å². The third kappa shape index (κ3) is 1.45. The highest BCUT2D eigenvalue weighted by Crippen LogP contribution is 2.17. The van der Waals surface area contributed by atoms with Crippen molar-refractivity contribution >= 4 is 22.6 Å². The van der Waals surface area contributed by atoms with E-state index in [9.17, 15) is 8.78 Å². The van der Waals surface area contributed by atoms with Gasteiger partial charge in [0.15, 0.2) is 5.82 Å². The van der Waals surface area contributed by atoms with Crippen molar-refractivity contribution in [1.29, 1.82) is 0 Å². The zero-order valence-corrected chi connectivity index (χ0v) is 7.02. The Bertz CT molecular complexity index is 468. The van der Waals surface area contributed by atoms with E-state index in [4.69, 9.17) is 11.6 Å². The van der Waals surface area contributed by atoms with E-state index < -0.39 is 11.6 Å². The van der Waals surface area contributed by atoms with E-state index in [1.807, 2.05) is 0 Å². The second-order valence-electron chi connectivity index (χ2n) is 2.45. The Balaban J connectivity index is 2.86. The average Bonchev–Trinajstić information content (AvgIpc) is 2.02. The molecule has 0 saturated carbocycles. The van der Waals surface area contributed by atoms with Gasteiger partial charge in [-0.3, -0.25) is 0 Å². The van der Waals surface area contributed by atoms with Crippen LogP contribution in [0.1, 0.15) is 0 Å². The molecule has 5 heteroatoms. The van der Waals surface area contributed by atoms with Crippen molar-refractivity contribution in [2.24, 2.45) is 0 Å². The van der Waals surface area contributed by atoms with Crippen molar-refractivity contribution in [1.82, 2.24) is 9.97 Å². The van der Waals surface area contributed by atoms with Crippen LogP contribution in [0.15, 0.2) is 18.3 Å². The quantitative estimate of drug-likeness (QED) is 0.653. The Kier molecular flexibility index (Phi) is 1.84. The van der Waals surface area contributed by atoms with Crippen molar-refractivity contribution in [3.63, 3.8) is 0 Å². The molecule has 0 saturated heterocycles. The van der Waals surface area contributed by atoms with Gasteiger partial charge in [0.05, 0.1) is 11.7 Å². The fourth-order valence-electron chi connectivity index (χ4n) is 1.03. The van der Waals surface area contributed by atoms with Crippen LogP contribution >= 0.6 is 11.6 Å². The molecule has 2 nitrogen and oxygen atoms in total. The highest BCUT2D eigenvalue weighted by Gasteiger charge is 2.06. The number of nitrogens with zero attached hydrogens (tertiary/aromatic N) is 2. The topological polar surface area (TPSA) is 25.8 Å². The Morgan fingerprint density at radius 3 is 2.77 bits per heavy atom. The predicted octanol–water partition coefficient (Wildman–Crippen LogP) is 2.56. The van der Waals surface area contributed by atoms with Gasteiger partial charge in [-0.05, 0) is 0 Å². The van der Waals surface area contributed by atoms with E-state index in [0.29, 0.717) is 0 Å². The summed E-state index contributed by atoms with van der Waals surface area (Å²) in [6.45, 7) is 0. The summed E-state index contributed by atoms with van der Waals surface area (Å²) < 4.78 is 25.7. The second kappa shape index (κ2) is 2.88. The summed E-state index contributed by atoms with van der Waals surface area (Å²) in [6, 6.07) is 1.84. The first-order chi connectivity index (χ1) is 6.16. The highest BCUT2D eigenvalue weighted by molar-refractivity contribution is 6.29. The minimum absolute atomic E-state index is 0.0193. The van der Waals surface area contributed by atoms with E-state index >= 15 is 0 Å². The minimum atomic E-state index is -0.737. The summed E-state index contributed by atoms with van der Waals surface area (Å²) in [5.41, 5.74) is 0.135.